The van der Waals surface area contributed by atoms with Gasteiger partial charge < -0.3 is 9.72 Å². The van der Waals surface area contributed by atoms with E-state index in [-0.39, 0.29) is 18.7 Å². The van der Waals surface area contributed by atoms with Crippen LogP contribution in [0.3, 0.4) is 0 Å². The van der Waals surface area contributed by atoms with E-state index < -0.39 is 11.2 Å². The number of nitrogens with one attached hydrogen (secondary N) is 3. The smallest absolute Gasteiger partial charge is 0.325 e. The first kappa shape index (κ1) is 18.2. The van der Waals surface area contributed by atoms with Gasteiger partial charge in [0.05, 0.1) is 12.8 Å². The molecule has 0 bridgehead atoms. The standard InChI is InChI=1S/C17H20N4O4/c1-3-25-14-7-5-4-6-12(14)10-18-21-15(22)9-8-13-11(2)19-17(24)20-16(13)23/h4-7,10H,3,8-9H2,1-2H3,(H,21,22)(H2,19,20,23,24)/b18-10+. The number of aromatic nitrogens is 2. The zero-order chi connectivity index (χ0) is 18.2. The predicted octanol–water partition coefficient (Wildman–Crippen LogP) is 0.853. The van der Waals surface area contributed by atoms with E-state index in [1.165, 1.54) is 6.21 Å². The molecule has 1 aromatic heterocycles. The number of ether oxygens (including phenoxy) is 1. The number of carbonyl (C=O) groups excluding carboxylic acids is 1. The Hall–Kier alpha value is -3.16. The van der Waals surface area contributed by atoms with Gasteiger partial charge in [0, 0.05) is 23.2 Å². The van der Waals surface area contributed by atoms with Gasteiger partial charge in [-0.15, -0.1) is 0 Å². The van der Waals surface area contributed by atoms with E-state index in [4.69, 9.17) is 4.74 Å². The Kier molecular flexibility index (Phi) is 6.27. The topological polar surface area (TPSA) is 116 Å². The Bertz CT molecular complexity index is 883. The third-order valence-electron chi connectivity index (χ3n) is 3.47. The molecule has 3 N–H and O–H groups in total. The molecule has 1 heterocycles. The molecule has 0 saturated carbocycles. The lowest BCUT2D eigenvalue weighted by atomic mass is 10.1. The second-order valence-electron chi connectivity index (χ2n) is 5.28. The first-order chi connectivity index (χ1) is 12.0. The van der Waals surface area contributed by atoms with E-state index in [1.54, 1.807) is 6.92 Å². The van der Waals surface area contributed by atoms with Crippen LogP contribution in [0.5, 0.6) is 5.75 Å². The molecule has 0 aliphatic carbocycles. The van der Waals surface area contributed by atoms with Gasteiger partial charge in [0.1, 0.15) is 5.75 Å². The summed E-state index contributed by atoms with van der Waals surface area (Å²) in [5.41, 5.74) is 2.94. The Labute approximate surface area is 143 Å². The van der Waals surface area contributed by atoms with Crippen molar-refractivity contribution in [2.75, 3.05) is 6.61 Å². The number of hydrazone groups is 1. The van der Waals surface area contributed by atoms with Crippen molar-refractivity contribution < 1.29 is 9.53 Å². The van der Waals surface area contributed by atoms with Gasteiger partial charge >= 0.3 is 5.69 Å². The summed E-state index contributed by atoms with van der Waals surface area (Å²) in [5.74, 6) is 0.341. The number of aromatic amines is 2. The van der Waals surface area contributed by atoms with Crippen molar-refractivity contribution in [1.82, 2.24) is 15.4 Å². The van der Waals surface area contributed by atoms with Gasteiger partial charge in [-0.25, -0.2) is 10.2 Å². The van der Waals surface area contributed by atoms with Crippen molar-refractivity contribution in [2.45, 2.75) is 26.7 Å². The zero-order valence-electron chi connectivity index (χ0n) is 14.1. The van der Waals surface area contributed by atoms with Crippen molar-refractivity contribution in [1.29, 1.82) is 0 Å². The van der Waals surface area contributed by atoms with E-state index >= 15 is 0 Å². The Balaban J connectivity index is 1.94. The lowest BCUT2D eigenvalue weighted by Crippen LogP contribution is -2.28. The first-order valence-corrected chi connectivity index (χ1v) is 7.87. The van der Waals surface area contributed by atoms with Crippen LogP contribution < -0.4 is 21.4 Å². The lowest BCUT2D eigenvalue weighted by molar-refractivity contribution is -0.121. The van der Waals surface area contributed by atoms with E-state index in [0.29, 0.717) is 23.6 Å². The highest BCUT2D eigenvalue weighted by Crippen LogP contribution is 2.15. The SMILES string of the molecule is CCOc1ccccc1/C=N/NC(=O)CCc1c(C)[nH]c(=O)[nH]c1=O. The van der Waals surface area contributed by atoms with Gasteiger partial charge in [-0.2, -0.15) is 5.10 Å². The van der Waals surface area contributed by atoms with Crippen LogP contribution in [-0.4, -0.2) is 28.7 Å². The number of aryl methyl sites for hydroxylation is 1. The summed E-state index contributed by atoms with van der Waals surface area (Å²) in [6, 6.07) is 7.34. The number of carbonyl (C=O) groups is 1. The van der Waals surface area contributed by atoms with Gasteiger partial charge in [0.15, 0.2) is 0 Å². The lowest BCUT2D eigenvalue weighted by Gasteiger charge is -2.06. The molecule has 8 nitrogen and oxygen atoms in total. The molecule has 0 spiro atoms. The maximum atomic E-state index is 11.9. The average molecular weight is 344 g/mol. The van der Waals surface area contributed by atoms with Crippen molar-refractivity contribution in [3.63, 3.8) is 0 Å². The Morgan fingerprint density at radius 3 is 2.76 bits per heavy atom. The van der Waals surface area contributed by atoms with Crippen LogP contribution in [0.4, 0.5) is 0 Å². The molecule has 0 aliphatic rings. The summed E-state index contributed by atoms with van der Waals surface area (Å²) in [6.45, 7) is 4.03. The van der Waals surface area contributed by atoms with Gasteiger partial charge in [-0.05, 0) is 32.4 Å². The predicted molar refractivity (Wildman–Crippen MR) is 94.1 cm³/mol. The quantitative estimate of drug-likeness (QED) is 0.510. The van der Waals surface area contributed by atoms with Gasteiger partial charge in [0.2, 0.25) is 5.91 Å². The van der Waals surface area contributed by atoms with E-state index in [2.05, 4.69) is 20.5 Å². The Morgan fingerprint density at radius 2 is 2.04 bits per heavy atom. The van der Waals surface area contributed by atoms with Crippen molar-refractivity contribution in [2.24, 2.45) is 5.10 Å². The normalized spacial score (nSPS) is 10.8. The number of nitrogens with zero attached hydrogens (tertiary/aromatic N) is 1. The van der Waals surface area contributed by atoms with E-state index in [9.17, 15) is 14.4 Å². The third-order valence-corrected chi connectivity index (χ3v) is 3.47. The summed E-state index contributed by atoms with van der Waals surface area (Å²) < 4.78 is 5.46. The summed E-state index contributed by atoms with van der Waals surface area (Å²) in [4.78, 5) is 39.4. The highest BCUT2D eigenvalue weighted by Gasteiger charge is 2.08. The summed E-state index contributed by atoms with van der Waals surface area (Å²) in [7, 11) is 0. The van der Waals surface area contributed by atoms with Gasteiger partial charge in [-0.1, -0.05) is 12.1 Å². The molecule has 2 aromatic rings. The van der Waals surface area contributed by atoms with Gasteiger partial charge in [-0.3, -0.25) is 14.6 Å². The fourth-order valence-corrected chi connectivity index (χ4v) is 2.27. The maximum Gasteiger partial charge on any atom is 0.325 e. The fourth-order valence-electron chi connectivity index (χ4n) is 2.27. The number of amides is 1. The number of benzene rings is 1. The first-order valence-electron chi connectivity index (χ1n) is 7.87. The second-order valence-corrected chi connectivity index (χ2v) is 5.28. The highest BCUT2D eigenvalue weighted by atomic mass is 16.5. The van der Waals surface area contributed by atoms with Crippen LogP contribution >= 0.6 is 0 Å². The Morgan fingerprint density at radius 1 is 1.28 bits per heavy atom. The molecular weight excluding hydrogens is 324 g/mol. The maximum absolute atomic E-state index is 11.9. The van der Waals surface area contributed by atoms with Crippen molar-refractivity contribution in [3.8, 4) is 5.75 Å². The second kappa shape index (κ2) is 8.62. The molecule has 132 valence electrons. The number of H-pyrrole nitrogens is 2. The zero-order valence-corrected chi connectivity index (χ0v) is 14.1. The van der Waals surface area contributed by atoms with Crippen LogP contribution in [0, 0.1) is 6.92 Å². The molecule has 8 heteroatoms. The largest absolute Gasteiger partial charge is 0.493 e. The summed E-state index contributed by atoms with van der Waals surface area (Å²) >= 11 is 0. The average Bonchev–Trinajstić information content (AvgIpc) is 2.55. The van der Waals surface area contributed by atoms with Crippen LogP contribution in [0.2, 0.25) is 0 Å². The molecule has 0 saturated heterocycles. The molecule has 2 rings (SSSR count). The minimum absolute atomic E-state index is 0.0699. The molecular formula is C17H20N4O4. The minimum atomic E-state index is -0.562. The molecule has 0 aliphatic heterocycles. The van der Waals surface area contributed by atoms with Crippen LogP contribution in [0.1, 0.15) is 30.2 Å². The molecule has 1 amide bonds. The third kappa shape index (κ3) is 5.17. The molecule has 0 unspecified atom stereocenters. The number of hydrogen-bond donors (Lipinski definition) is 3. The van der Waals surface area contributed by atoms with Gasteiger partial charge in [0.25, 0.3) is 5.56 Å². The molecule has 25 heavy (non-hydrogen) atoms. The molecule has 1 aromatic carbocycles. The molecule has 0 radical (unpaired) electrons. The molecule has 0 fully saturated rings. The summed E-state index contributed by atoms with van der Waals surface area (Å²) in [5, 5.41) is 3.91. The minimum Gasteiger partial charge on any atom is -0.493 e. The van der Waals surface area contributed by atoms with Crippen LogP contribution in [-0.2, 0) is 11.2 Å². The number of rotatable bonds is 7. The molecule has 0 atom stereocenters. The van der Waals surface area contributed by atoms with Crippen LogP contribution in [0.15, 0.2) is 39.0 Å². The van der Waals surface area contributed by atoms with E-state index in [1.807, 2.05) is 31.2 Å². The van der Waals surface area contributed by atoms with E-state index in [0.717, 1.165) is 5.56 Å². The highest BCUT2D eigenvalue weighted by molar-refractivity contribution is 5.85. The fraction of sp³-hybridized carbons (Fsp3) is 0.294. The van der Waals surface area contributed by atoms with Crippen molar-refractivity contribution in [3.05, 3.63) is 61.9 Å². The van der Waals surface area contributed by atoms with Crippen molar-refractivity contribution >= 4 is 12.1 Å². The number of para-hydroxylation sites is 1. The van der Waals surface area contributed by atoms with Crippen LogP contribution in [0.25, 0.3) is 0 Å². The number of hydrogen-bond acceptors (Lipinski definition) is 5. The summed E-state index contributed by atoms with van der Waals surface area (Å²) in [6.07, 6.45) is 1.77. The monoisotopic (exact) mass is 344 g/mol.